The summed E-state index contributed by atoms with van der Waals surface area (Å²) >= 11 is 12.4. The summed E-state index contributed by atoms with van der Waals surface area (Å²) in [6.45, 7) is 5.22. The average molecular weight is 260 g/mol. The van der Waals surface area contributed by atoms with Crippen LogP contribution in [0.25, 0.3) is 0 Å². The summed E-state index contributed by atoms with van der Waals surface area (Å²) in [5.41, 5.74) is 1.04. The molecule has 0 saturated heterocycles. The lowest BCUT2D eigenvalue weighted by Crippen LogP contribution is -2.21. The molecule has 1 unspecified atom stereocenters. The summed E-state index contributed by atoms with van der Waals surface area (Å²) in [6, 6.07) is 5.96. The highest BCUT2D eigenvalue weighted by Crippen LogP contribution is 2.32. The van der Waals surface area contributed by atoms with E-state index in [2.05, 4.69) is 19.2 Å². The van der Waals surface area contributed by atoms with Crippen molar-refractivity contribution >= 4 is 23.2 Å². The average Bonchev–Trinajstić information content (AvgIpc) is 2.25. The lowest BCUT2D eigenvalue weighted by atomic mass is 10.0. The van der Waals surface area contributed by atoms with E-state index in [0.29, 0.717) is 0 Å². The molecule has 1 aromatic carbocycles. The van der Waals surface area contributed by atoms with Crippen LogP contribution in [-0.2, 0) is 0 Å². The van der Waals surface area contributed by atoms with Crippen LogP contribution in [0.1, 0.15) is 44.7 Å². The minimum Gasteiger partial charge on any atom is -0.310 e. The van der Waals surface area contributed by atoms with Gasteiger partial charge in [-0.25, -0.2) is 0 Å². The molecule has 3 heteroatoms. The van der Waals surface area contributed by atoms with Crippen molar-refractivity contribution < 1.29 is 0 Å². The highest BCUT2D eigenvalue weighted by molar-refractivity contribution is 6.36. The van der Waals surface area contributed by atoms with Crippen molar-refractivity contribution in [3.05, 3.63) is 33.8 Å². The predicted molar refractivity (Wildman–Crippen MR) is 72.4 cm³/mol. The summed E-state index contributed by atoms with van der Waals surface area (Å²) < 4.78 is 0. The first kappa shape index (κ1) is 13.8. The third-order valence-corrected chi connectivity index (χ3v) is 3.30. The summed E-state index contributed by atoms with van der Waals surface area (Å²) in [6.07, 6.45) is 3.44. The van der Waals surface area contributed by atoms with Crippen LogP contribution < -0.4 is 5.32 Å². The second-order valence-corrected chi connectivity index (χ2v) is 4.70. The van der Waals surface area contributed by atoms with Gasteiger partial charge in [-0.3, -0.25) is 0 Å². The van der Waals surface area contributed by atoms with Crippen LogP contribution in [0.5, 0.6) is 0 Å². The highest BCUT2D eigenvalue weighted by atomic mass is 35.5. The number of unbranched alkanes of at least 4 members (excludes halogenated alkanes) is 1. The Labute approximate surface area is 108 Å². The van der Waals surface area contributed by atoms with Crippen molar-refractivity contribution in [2.75, 3.05) is 6.54 Å². The number of hydrogen-bond donors (Lipinski definition) is 1. The fourth-order valence-corrected chi connectivity index (χ4v) is 2.51. The molecule has 0 heterocycles. The topological polar surface area (TPSA) is 12.0 Å². The summed E-state index contributed by atoms with van der Waals surface area (Å²) in [4.78, 5) is 0. The van der Waals surface area contributed by atoms with Gasteiger partial charge in [-0.2, -0.15) is 0 Å². The predicted octanol–water partition coefficient (Wildman–Crippen LogP) is 4.83. The van der Waals surface area contributed by atoms with Gasteiger partial charge in [0, 0.05) is 21.7 Å². The summed E-state index contributed by atoms with van der Waals surface area (Å²) in [7, 11) is 0. The van der Waals surface area contributed by atoms with Crippen molar-refractivity contribution in [3.8, 4) is 0 Å². The molecular formula is C13H19Cl2N. The van der Waals surface area contributed by atoms with Crippen LogP contribution in [0.4, 0.5) is 0 Å². The molecule has 1 N–H and O–H groups in total. The van der Waals surface area contributed by atoms with E-state index < -0.39 is 0 Å². The Kier molecular flexibility index (Phi) is 6.18. The third kappa shape index (κ3) is 3.65. The van der Waals surface area contributed by atoms with Crippen molar-refractivity contribution in [3.63, 3.8) is 0 Å². The first-order chi connectivity index (χ1) is 7.70. The van der Waals surface area contributed by atoms with Crippen LogP contribution in [0.3, 0.4) is 0 Å². The number of hydrogen-bond acceptors (Lipinski definition) is 1. The maximum absolute atomic E-state index is 6.21. The molecule has 90 valence electrons. The first-order valence-corrected chi connectivity index (χ1v) is 6.63. The van der Waals surface area contributed by atoms with Gasteiger partial charge in [-0.1, -0.05) is 56.0 Å². The standard InChI is InChI=1S/C13H19Cl2N/c1-3-5-9-12(16-4-2)13-10(14)7-6-8-11(13)15/h6-8,12,16H,3-5,9H2,1-2H3. The maximum atomic E-state index is 6.21. The van der Waals surface area contributed by atoms with E-state index >= 15 is 0 Å². The third-order valence-electron chi connectivity index (χ3n) is 2.65. The zero-order chi connectivity index (χ0) is 12.0. The molecule has 0 fully saturated rings. The Bertz CT molecular complexity index is 305. The lowest BCUT2D eigenvalue weighted by molar-refractivity contribution is 0.495. The number of halogens is 2. The quantitative estimate of drug-likeness (QED) is 0.772. The summed E-state index contributed by atoms with van der Waals surface area (Å²) in [5.74, 6) is 0. The maximum Gasteiger partial charge on any atom is 0.0468 e. The molecule has 0 bridgehead atoms. The Morgan fingerprint density at radius 2 is 1.81 bits per heavy atom. The van der Waals surface area contributed by atoms with Crippen LogP contribution in [0.2, 0.25) is 10.0 Å². The second kappa shape index (κ2) is 7.16. The zero-order valence-corrected chi connectivity index (χ0v) is 11.4. The monoisotopic (exact) mass is 259 g/mol. The molecule has 0 aromatic heterocycles. The number of nitrogens with one attached hydrogen (secondary N) is 1. The zero-order valence-electron chi connectivity index (χ0n) is 9.89. The lowest BCUT2D eigenvalue weighted by Gasteiger charge is -2.20. The van der Waals surface area contributed by atoms with Gasteiger partial charge in [-0.05, 0) is 25.1 Å². The van der Waals surface area contributed by atoms with Gasteiger partial charge in [0.25, 0.3) is 0 Å². The van der Waals surface area contributed by atoms with Gasteiger partial charge in [0.05, 0.1) is 0 Å². The van der Waals surface area contributed by atoms with Crippen molar-refractivity contribution in [2.45, 2.75) is 39.2 Å². The Hall–Kier alpha value is -0.240. The molecule has 0 aliphatic carbocycles. The Balaban J connectivity index is 2.90. The molecule has 16 heavy (non-hydrogen) atoms. The van der Waals surface area contributed by atoms with Gasteiger partial charge in [-0.15, -0.1) is 0 Å². The molecule has 1 aromatic rings. The van der Waals surface area contributed by atoms with E-state index in [1.807, 2.05) is 18.2 Å². The summed E-state index contributed by atoms with van der Waals surface area (Å²) in [5, 5.41) is 4.96. The fraction of sp³-hybridized carbons (Fsp3) is 0.538. The van der Waals surface area contributed by atoms with Gasteiger partial charge >= 0.3 is 0 Å². The molecule has 0 aliphatic heterocycles. The molecular weight excluding hydrogens is 241 g/mol. The van der Waals surface area contributed by atoms with Crippen LogP contribution in [-0.4, -0.2) is 6.54 Å². The number of benzene rings is 1. The van der Waals surface area contributed by atoms with Gasteiger partial charge in [0.2, 0.25) is 0 Å². The van der Waals surface area contributed by atoms with Gasteiger partial charge < -0.3 is 5.32 Å². The smallest absolute Gasteiger partial charge is 0.0468 e. The Morgan fingerprint density at radius 1 is 1.19 bits per heavy atom. The molecule has 1 atom stereocenters. The minimum absolute atomic E-state index is 0.270. The number of rotatable bonds is 6. The van der Waals surface area contributed by atoms with E-state index in [4.69, 9.17) is 23.2 Å². The van der Waals surface area contributed by atoms with Crippen molar-refractivity contribution in [1.82, 2.24) is 5.32 Å². The second-order valence-electron chi connectivity index (χ2n) is 3.89. The Morgan fingerprint density at radius 3 is 2.31 bits per heavy atom. The minimum atomic E-state index is 0.270. The largest absolute Gasteiger partial charge is 0.310 e. The normalized spacial score (nSPS) is 12.8. The molecule has 0 amide bonds. The first-order valence-electron chi connectivity index (χ1n) is 5.88. The van der Waals surface area contributed by atoms with E-state index in [-0.39, 0.29) is 6.04 Å². The molecule has 1 nitrogen and oxygen atoms in total. The van der Waals surface area contributed by atoms with E-state index in [1.54, 1.807) is 0 Å². The van der Waals surface area contributed by atoms with Gasteiger partial charge in [0.15, 0.2) is 0 Å². The molecule has 0 spiro atoms. The van der Waals surface area contributed by atoms with Crippen LogP contribution in [0.15, 0.2) is 18.2 Å². The molecule has 0 saturated carbocycles. The van der Waals surface area contributed by atoms with Crippen LogP contribution in [0, 0.1) is 0 Å². The van der Waals surface area contributed by atoms with E-state index in [9.17, 15) is 0 Å². The highest BCUT2D eigenvalue weighted by Gasteiger charge is 2.16. The van der Waals surface area contributed by atoms with E-state index in [0.717, 1.165) is 28.6 Å². The molecule has 0 aliphatic rings. The SMILES string of the molecule is CCCCC(NCC)c1c(Cl)cccc1Cl. The molecule has 1 rings (SSSR count). The van der Waals surface area contributed by atoms with Gasteiger partial charge in [0.1, 0.15) is 0 Å². The van der Waals surface area contributed by atoms with E-state index in [1.165, 1.54) is 12.8 Å². The van der Waals surface area contributed by atoms with Crippen molar-refractivity contribution in [1.29, 1.82) is 0 Å². The van der Waals surface area contributed by atoms with Crippen molar-refractivity contribution in [2.24, 2.45) is 0 Å². The van der Waals surface area contributed by atoms with Crippen LogP contribution >= 0.6 is 23.2 Å². The fourth-order valence-electron chi connectivity index (χ4n) is 1.85. The molecule has 0 radical (unpaired) electrons.